The van der Waals surface area contributed by atoms with Crippen LogP contribution >= 0.6 is 0 Å². The molecule has 1 aromatic carbocycles. The predicted molar refractivity (Wildman–Crippen MR) is 99.7 cm³/mol. The lowest BCUT2D eigenvalue weighted by Gasteiger charge is -2.09. The van der Waals surface area contributed by atoms with Gasteiger partial charge in [0, 0.05) is 30.9 Å². The Morgan fingerprint density at radius 3 is 2.59 bits per heavy atom. The second-order valence-corrected chi connectivity index (χ2v) is 6.10. The lowest BCUT2D eigenvalue weighted by molar-refractivity contribution is 0.425. The molecule has 0 bridgehead atoms. The van der Waals surface area contributed by atoms with E-state index in [2.05, 4.69) is 25.0 Å². The van der Waals surface area contributed by atoms with Crippen molar-refractivity contribution in [2.45, 2.75) is 0 Å². The molecule has 0 saturated heterocycles. The van der Waals surface area contributed by atoms with E-state index in [4.69, 9.17) is 0 Å². The molecule has 0 amide bonds. The van der Waals surface area contributed by atoms with Crippen LogP contribution in [-0.2, 0) is 0 Å². The lowest BCUT2D eigenvalue weighted by Crippen LogP contribution is -2.26. The summed E-state index contributed by atoms with van der Waals surface area (Å²) in [7, 11) is 3.68. The molecule has 0 aliphatic rings. The zero-order chi connectivity index (χ0) is 19.0. The summed E-state index contributed by atoms with van der Waals surface area (Å²) in [4.78, 5) is 17.8. The van der Waals surface area contributed by atoms with Crippen molar-refractivity contribution < 1.29 is 10.2 Å². The second-order valence-electron chi connectivity index (χ2n) is 6.10. The molecule has 27 heavy (non-hydrogen) atoms. The fraction of sp³-hybridized carbons (Fsp3) is 0.111. The number of aromatic nitrogens is 5. The number of anilines is 1. The number of para-hydroxylation sites is 1. The number of H-pyrrole nitrogens is 1. The van der Waals surface area contributed by atoms with Crippen molar-refractivity contribution in [3.8, 4) is 11.8 Å². The third-order valence-corrected chi connectivity index (χ3v) is 3.87. The van der Waals surface area contributed by atoms with E-state index in [1.54, 1.807) is 17.2 Å². The zero-order valence-electron chi connectivity index (χ0n) is 14.7. The van der Waals surface area contributed by atoms with Gasteiger partial charge in [-0.2, -0.15) is 19.6 Å². The quantitative estimate of drug-likeness (QED) is 0.494. The highest BCUT2D eigenvalue weighted by Crippen LogP contribution is 2.21. The fourth-order valence-electron chi connectivity index (χ4n) is 2.58. The number of nitrogens with zero attached hydrogens (tertiary/aromatic N) is 6. The molecule has 9 heteroatoms. The maximum atomic E-state index is 9.86. The average Bonchev–Trinajstić information content (AvgIpc) is 3.19. The SMILES string of the molecule is CN(C)c1nc(=Nc2ccccc2)n2ncc(=Cc3cc(O)[nH]c3O)c2n1. The van der Waals surface area contributed by atoms with E-state index in [0.717, 1.165) is 5.69 Å². The van der Waals surface area contributed by atoms with Crippen molar-refractivity contribution >= 4 is 23.4 Å². The van der Waals surface area contributed by atoms with E-state index in [9.17, 15) is 10.2 Å². The minimum absolute atomic E-state index is 0.126. The Balaban J connectivity index is 2.00. The summed E-state index contributed by atoms with van der Waals surface area (Å²) in [5.74, 6) is 0.218. The summed E-state index contributed by atoms with van der Waals surface area (Å²) in [5, 5.41) is 24.4. The van der Waals surface area contributed by atoms with Gasteiger partial charge in [0.1, 0.15) is 0 Å². The number of aromatic hydroxyl groups is 2. The summed E-state index contributed by atoms with van der Waals surface area (Å²) in [6.45, 7) is 0. The van der Waals surface area contributed by atoms with E-state index >= 15 is 0 Å². The van der Waals surface area contributed by atoms with Crippen LogP contribution in [0.3, 0.4) is 0 Å². The zero-order valence-corrected chi connectivity index (χ0v) is 14.7. The second kappa shape index (κ2) is 6.45. The van der Waals surface area contributed by atoms with Gasteiger partial charge in [0.15, 0.2) is 17.4 Å². The Kier molecular flexibility index (Phi) is 3.96. The molecule has 3 N–H and O–H groups in total. The molecule has 0 atom stereocenters. The number of fused-ring (bicyclic) bond motifs is 1. The molecule has 9 nitrogen and oxygen atoms in total. The van der Waals surface area contributed by atoms with Gasteiger partial charge in [0.05, 0.1) is 11.9 Å². The van der Waals surface area contributed by atoms with Crippen molar-refractivity contribution in [2.75, 3.05) is 19.0 Å². The van der Waals surface area contributed by atoms with Gasteiger partial charge in [-0.1, -0.05) is 18.2 Å². The summed E-state index contributed by atoms with van der Waals surface area (Å²) in [5.41, 5.74) is 2.09. The van der Waals surface area contributed by atoms with Crippen LogP contribution in [0.4, 0.5) is 11.6 Å². The van der Waals surface area contributed by atoms with E-state index in [-0.39, 0.29) is 11.8 Å². The normalized spacial score (nSPS) is 12.8. The van der Waals surface area contributed by atoms with Crippen LogP contribution in [0, 0.1) is 0 Å². The molecule has 0 saturated carbocycles. The molecule has 136 valence electrons. The van der Waals surface area contributed by atoms with Crippen LogP contribution in [0.15, 0.2) is 47.6 Å². The third-order valence-electron chi connectivity index (χ3n) is 3.87. The number of hydrogen-bond acceptors (Lipinski definition) is 7. The van der Waals surface area contributed by atoms with Gasteiger partial charge in [-0.3, -0.25) is 4.98 Å². The molecule has 0 radical (unpaired) electrons. The average molecular weight is 363 g/mol. The molecule has 0 unspecified atom stereocenters. The number of aromatic amines is 1. The predicted octanol–water partition coefficient (Wildman–Crippen LogP) is 0.710. The van der Waals surface area contributed by atoms with Crippen LogP contribution in [-0.4, -0.2) is 48.9 Å². The molecule has 0 spiro atoms. The summed E-state index contributed by atoms with van der Waals surface area (Å²) in [6.07, 6.45) is 3.28. The van der Waals surface area contributed by atoms with Crippen molar-refractivity contribution in [1.29, 1.82) is 0 Å². The highest BCUT2D eigenvalue weighted by Gasteiger charge is 2.10. The molecule has 0 aliphatic heterocycles. The lowest BCUT2D eigenvalue weighted by atomic mass is 10.2. The third kappa shape index (κ3) is 3.17. The number of hydrogen-bond donors (Lipinski definition) is 3. The molecule has 4 aromatic rings. The van der Waals surface area contributed by atoms with Crippen LogP contribution < -0.4 is 15.7 Å². The number of rotatable bonds is 3. The van der Waals surface area contributed by atoms with Gasteiger partial charge >= 0.3 is 0 Å². The minimum atomic E-state index is -0.136. The largest absolute Gasteiger partial charge is 0.494 e. The summed E-state index contributed by atoms with van der Waals surface area (Å²) >= 11 is 0. The van der Waals surface area contributed by atoms with Crippen molar-refractivity contribution in [1.82, 2.24) is 24.6 Å². The number of nitrogens with one attached hydrogen (secondary N) is 1. The van der Waals surface area contributed by atoms with Crippen LogP contribution in [0.5, 0.6) is 11.8 Å². The highest BCUT2D eigenvalue weighted by atomic mass is 16.3. The minimum Gasteiger partial charge on any atom is -0.494 e. The smallest absolute Gasteiger partial charge is 0.256 e. The van der Waals surface area contributed by atoms with E-state index in [1.165, 1.54) is 10.6 Å². The first-order valence-electron chi connectivity index (χ1n) is 8.17. The van der Waals surface area contributed by atoms with Gasteiger partial charge < -0.3 is 15.1 Å². The molecule has 3 aromatic heterocycles. The first-order chi connectivity index (χ1) is 13.0. The van der Waals surface area contributed by atoms with Crippen LogP contribution in [0.1, 0.15) is 5.56 Å². The van der Waals surface area contributed by atoms with Gasteiger partial charge in [-0.05, 0) is 18.2 Å². The standard InChI is InChI=1S/C18H17N7O2/c1-24(2)17-22-15-12(8-11-9-14(26)21-16(11)27)10-19-25(15)18(23-17)20-13-6-4-3-5-7-13/h3-10,21,26-27H,1-2H3. The Hall–Kier alpha value is -3.88. The first kappa shape index (κ1) is 16.6. The van der Waals surface area contributed by atoms with Gasteiger partial charge in [0.2, 0.25) is 5.95 Å². The topological polar surface area (TPSA) is 115 Å². The number of benzene rings is 1. The van der Waals surface area contributed by atoms with Crippen molar-refractivity contribution in [3.05, 3.63) is 59.0 Å². The Morgan fingerprint density at radius 1 is 1.15 bits per heavy atom. The summed E-state index contributed by atoms with van der Waals surface area (Å²) in [6, 6.07) is 10.9. The van der Waals surface area contributed by atoms with E-state index in [1.807, 2.05) is 44.4 Å². The van der Waals surface area contributed by atoms with Gasteiger partial charge in [-0.15, -0.1) is 0 Å². The molecular weight excluding hydrogens is 346 g/mol. The molecular formula is C18H17N7O2. The molecule has 0 fully saturated rings. The van der Waals surface area contributed by atoms with E-state index in [0.29, 0.717) is 28.0 Å². The monoisotopic (exact) mass is 363 g/mol. The van der Waals surface area contributed by atoms with Crippen LogP contribution in [0.2, 0.25) is 0 Å². The highest BCUT2D eigenvalue weighted by molar-refractivity contribution is 5.61. The summed E-state index contributed by atoms with van der Waals surface area (Å²) < 4.78 is 1.54. The molecule has 4 rings (SSSR count). The fourth-order valence-corrected chi connectivity index (χ4v) is 2.58. The first-order valence-corrected chi connectivity index (χ1v) is 8.17. The molecule has 0 aliphatic carbocycles. The Bertz CT molecular complexity index is 1230. The van der Waals surface area contributed by atoms with Crippen molar-refractivity contribution in [2.24, 2.45) is 4.99 Å². The Morgan fingerprint density at radius 2 is 1.93 bits per heavy atom. The van der Waals surface area contributed by atoms with Crippen LogP contribution in [0.25, 0.3) is 11.7 Å². The van der Waals surface area contributed by atoms with E-state index < -0.39 is 0 Å². The maximum Gasteiger partial charge on any atom is 0.256 e. The van der Waals surface area contributed by atoms with Crippen molar-refractivity contribution in [3.63, 3.8) is 0 Å². The van der Waals surface area contributed by atoms with Gasteiger partial charge in [0.25, 0.3) is 5.62 Å². The van der Waals surface area contributed by atoms with Gasteiger partial charge in [-0.25, -0.2) is 4.99 Å². The maximum absolute atomic E-state index is 9.86. The molecule has 3 heterocycles. The Labute approximate surface area is 153 Å².